The molecule has 1 aromatic carbocycles. The van der Waals surface area contributed by atoms with E-state index in [4.69, 9.17) is 10.5 Å². The highest BCUT2D eigenvalue weighted by Crippen LogP contribution is 2.13. The molecular formula is C14H22ClFN2O2S. The van der Waals surface area contributed by atoms with Gasteiger partial charge in [0.05, 0.1) is 12.6 Å². The van der Waals surface area contributed by atoms with Gasteiger partial charge in [-0.05, 0) is 37.5 Å². The van der Waals surface area contributed by atoms with E-state index < -0.39 is 6.04 Å². The van der Waals surface area contributed by atoms with Crippen LogP contribution in [0.1, 0.15) is 13.3 Å². The molecule has 0 aromatic heterocycles. The number of carbonyl (C=O) groups excluding carboxylic acids is 1. The zero-order valence-corrected chi connectivity index (χ0v) is 13.8. The molecule has 7 heteroatoms. The van der Waals surface area contributed by atoms with Crippen molar-refractivity contribution in [1.29, 1.82) is 0 Å². The molecule has 1 rings (SSSR count). The average molecular weight is 337 g/mol. The number of carbonyl (C=O) groups is 1. The third-order valence-electron chi connectivity index (χ3n) is 2.67. The van der Waals surface area contributed by atoms with E-state index in [0.29, 0.717) is 18.7 Å². The first-order chi connectivity index (χ1) is 9.52. The first-order valence-electron chi connectivity index (χ1n) is 6.47. The predicted octanol–water partition coefficient (Wildman–Crippen LogP) is 2.21. The smallest absolute Gasteiger partial charge is 0.237 e. The summed E-state index contributed by atoms with van der Waals surface area (Å²) in [5.41, 5.74) is 5.75. The minimum Gasteiger partial charge on any atom is -0.489 e. The Kier molecular flexibility index (Phi) is 10.2. The van der Waals surface area contributed by atoms with Crippen LogP contribution >= 0.6 is 24.2 Å². The van der Waals surface area contributed by atoms with Crippen molar-refractivity contribution in [3.63, 3.8) is 0 Å². The number of ether oxygens (including phenoxy) is 1. The van der Waals surface area contributed by atoms with Crippen molar-refractivity contribution in [2.45, 2.75) is 25.5 Å². The van der Waals surface area contributed by atoms with Crippen LogP contribution in [0.5, 0.6) is 5.75 Å². The highest BCUT2D eigenvalue weighted by Gasteiger charge is 2.14. The maximum Gasteiger partial charge on any atom is 0.237 e. The van der Waals surface area contributed by atoms with Gasteiger partial charge in [-0.1, -0.05) is 6.07 Å². The second-order valence-electron chi connectivity index (χ2n) is 4.52. The van der Waals surface area contributed by atoms with E-state index in [1.54, 1.807) is 30.8 Å². The standard InChI is InChI=1S/C14H21FN2O2S.ClH/c1-10(19-12-5-3-4-11(15)8-12)9-17-14(18)13(16)6-7-20-2;/h3-5,8,10,13H,6-7,9,16H2,1-2H3,(H,17,18);1H/t10?,13-;/m0./s1. The first-order valence-corrected chi connectivity index (χ1v) is 7.86. The number of amides is 1. The number of hydrogen-bond acceptors (Lipinski definition) is 4. The van der Waals surface area contributed by atoms with Gasteiger partial charge in [0, 0.05) is 6.07 Å². The second kappa shape index (κ2) is 10.7. The summed E-state index contributed by atoms with van der Waals surface area (Å²) in [5.74, 6) is 0.759. The van der Waals surface area contributed by atoms with E-state index in [1.807, 2.05) is 6.26 Å². The lowest BCUT2D eigenvalue weighted by Gasteiger charge is -2.17. The van der Waals surface area contributed by atoms with Gasteiger partial charge in [-0.2, -0.15) is 11.8 Å². The Labute approximate surface area is 135 Å². The SMILES string of the molecule is CSCC[C@H](N)C(=O)NCC(C)Oc1cccc(F)c1.Cl. The Morgan fingerprint density at radius 2 is 2.24 bits per heavy atom. The molecule has 3 N–H and O–H groups in total. The fourth-order valence-electron chi connectivity index (χ4n) is 1.57. The Bertz CT molecular complexity index is 437. The Balaban J connectivity index is 0.00000400. The molecule has 0 spiro atoms. The van der Waals surface area contributed by atoms with Gasteiger partial charge in [0.2, 0.25) is 5.91 Å². The van der Waals surface area contributed by atoms with Gasteiger partial charge in [-0.25, -0.2) is 4.39 Å². The van der Waals surface area contributed by atoms with Crippen LogP contribution in [-0.4, -0.2) is 36.6 Å². The van der Waals surface area contributed by atoms with Crippen molar-refractivity contribution in [3.8, 4) is 5.75 Å². The van der Waals surface area contributed by atoms with Gasteiger partial charge in [0.25, 0.3) is 0 Å². The van der Waals surface area contributed by atoms with Crippen molar-refractivity contribution in [1.82, 2.24) is 5.32 Å². The normalized spacial score (nSPS) is 13.0. The molecule has 21 heavy (non-hydrogen) atoms. The van der Waals surface area contributed by atoms with E-state index in [9.17, 15) is 9.18 Å². The third kappa shape index (κ3) is 8.14. The molecule has 0 radical (unpaired) electrons. The number of rotatable bonds is 8. The molecule has 0 heterocycles. The summed E-state index contributed by atoms with van der Waals surface area (Å²) >= 11 is 1.65. The molecule has 0 bridgehead atoms. The molecule has 2 atom stereocenters. The number of halogens is 2. The maximum atomic E-state index is 13.0. The van der Waals surface area contributed by atoms with Crippen LogP contribution in [0.2, 0.25) is 0 Å². The summed E-state index contributed by atoms with van der Waals surface area (Å²) in [4.78, 5) is 11.7. The van der Waals surface area contributed by atoms with E-state index in [1.165, 1.54) is 12.1 Å². The largest absolute Gasteiger partial charge is 0.489 e. The first kappa shape index (κ1) is 20.0. The summed E-state index contributed by atoms with van der Waals surface area (Å²) in [6.45, 7) is 2.14. The summed E-state index contributed by atoms with van der Waals surface area (Å²) in [6.07, 6.45) is 2.36. The predicted molar refractivity (Wildman–Crippen MR) is 87.7 cm³/mol. The fourth-order valence-corrected chi connectivity index (χ4v) is 2.06. The van der Waals surface area contributed by atoms with Crippen LogP contribution in [0.4, 0.5) is 4.39 Å². The number of hydrogen-bond donors (Lipinski definition) is 2. The molecule has 4 nitrogen and oxygen atoms in total. The lowest BCUT2D eigenvalue weighted by atomic mass is 10.2. The van der Waals surface area contributed by atoms with Crippen molar-refractivity contribution in [2.24, 2.45) is 5.73 Å². The van der Waals surface area contributed by atoms with Gasteiger partial charge < -0.3 is 15.8 Å². The van der Waals surface area contributed by atoms with Gasteiger partial charge in [0.15, 0.2) is 0 Å². The van der Waals surface area contributed by atoms with Gasteiger partial charge >= 0.3 is 0 Å². The molecule has 1 aromatic rings. The Morgan fingerprint density at radius 3 is 2.86 bits per heavy atom. The minimum atomic E-state index is -0.496. The van der Waals surface area contributed by atoms with Crippen LogP contribution in [0.25, 0.3) is 0 Å². The van der Waals surface area contributed by atoms with E-state index in [0.717, 1.165) is 5.75 Å². The topological polar surface area (TPSA) is 64.4 Å². The lowest BCUT2D eigenvalue weighted by molar-refractivity contribution is -0.122. The quantitative estimate of drug-likeness (QED) is 0.764. The molecule has 0 aliphatic rings. The third-order valence-corrected chi connectivity index (χ3v) is 3.31. The van der Waals surface area contributed by atoms with Gasteiger partial charge in [0.1, 0.15) is 17.7 Å². The van der Waals surface area contributed by atoms with Crippen LogP contribution < -0.4 is 15.8 Å². The second-order valence-corrected chi connectivity index (χ2v) is 5.50. The Hall–Kier alpha value is -0.980. The van der Waals surface area contributed by atoms with Gasteiger partial charge in [-0.15, -0.1) is 12.4 Å². The summed E-state index contributed by atoms with van der Waals surface area (Å²) in [6, 6.07) is 5.41. The average Bonchev–Trinajstić information content (AvgIpc) is 2.42. The number of nitrogens with one attached hydrogen (secondary N) is 1. The summed E-state index contributed by atoms with van der Waals surface area (Å²) < 4.78 is 18.5. The fraction of sp³-hybridized carbons (Fsp3) is 0.500. The number of benzene rings is 1. The maximum absolute atomic E-state index is 13.0. The van der Waals surface area contributed by atoms with Crippen LogP contribution in [0.3, 0.4) is 0 Å². The molecule has 1 unspecified atom stereocenters. The van der Waals surface area contributed by atoms with Crippen LogP contribution in [0.15, 0.2) is 24.3 Å². The minimum absolute atomic E-state index is 0. The molecule has 0 saturated heterocycles. The van der Waals surface area contributed by atoms with Crippen molar-refractivity contribution in [2.75, 3.05) is 18.6 Å². The number of nitrogens with two attached hydrogens (primary N) is 1. The highest BCUT2D eigenvalue weighted by atomic mass is 35.5. The molecular weight excluding hydrogens is 315 g/mol. The van der Waals surface area contributed by atoms with Crippen molar-refractivity contribution < 1.29 is 13.9 Å². The zero-order valence-electron chi connectivity index (χ0n) is 12.2. The summed E-state index contributed by atoms with van der Waals surface area (Å²) in [5, 5.41) is 2.73. The monoisotopic (exact) mass is 336 g/mol. The Morgan fingerprint density at radius 1 is 1.52 bits per heavy atom. The van der Waals surface area contributed by atoms with Crippen molar-refractivity contribution >= 4 is 30.1 Å². The van der Waals surface area contributed by atoms with E-state index in [-0.39, 0.29) is 30.2 Å². The molecule has 0 saturated carbocycles. The summed E-state index contributed by atoms with van der Waals surface area (Å²) in [7, 11) is 0. The zero-order chi connectivity index (χ0) is 15.0. The van der Waals surface area contributed by atoms with Gasteiger partial charge in [-0.3, -0.25) is 4.79 Å². The lowest BCUT2D eigenvalue weighted by Crippen LogP contribution is -2.44. The molecule has 120 valence electrons. The molecule has 0 aliphatic heterocycles. The molecule has 1 amide bonds. The van der Waals surface area contributed by atoms with Crippen LogP contribution in [-0.2, 0) is 4.79 Å². The van der Waals surface area contributed by atoms with Crippen LogP contribution in [0, 0.1) is 5.82 Å². The highest BCUT2D eigenvalue weighted by molar-refractivity contribution is 7.98. The van der Waals surface area contributed by atoms with Crippen molar-refractivity contribution in [3.05, 3.63) is 30.1 Å². The van der Waals surface area contributed by atoms with E-state index >= 15 is 0 Å². The van der Waals surface area contributed by atoms with E-state index in [2.05, 4.69) is 5.32 Å². The molecule has 0 fully saturated rings. The molecule has 0 aliphatic carbocycles. The number of thioether (sulfide) groups is 1.